The van der Waals surface area contributed by atoms with Crippen LogP contribution in [0.2, 0.25) is 0 Å². The Bertz CT molecular complexity index is 1570. The Labute approximate surface area is 213 Å². The second-order valence-corrected chi connectivity index (χ2v) is 10.2. The Hall–Kier alpha value is -3.97. The van der Waals surface area contributed by atoms with Gasteiger partial charge in [-0.05, 0) is 74.2 Å². The Morgan fingerprint density at radius 2 is 1.67 bits per heavy atom. The molecule has 1 unspecified atom stereocenters. The van der Waals surface area contributed by atoms with E-state index in [1.54, 1.807) is 19.2 Å². The van der Waals surface area contributed by atoms with Crippen molar-refractivity contribution in [2.24, 2.45) is 0 Å². The highest BCUT2D eigenvalue weighted by atomic mass is 32.1. The van der Waals surface area contributed by atoms with Crippen LogP contribution in [0.25, 0.3) is 16.0 Å². The summed E-state index contributed by atoms with van der Waals surface area (Å²) >= 11 is 1.36. The van der Waals surface area contributed by atoms with Crippen LogP contribution in [0, 0.1) is 27.7 Å². The second kappa shape index (κ2) is 8.91. The molecule has 0 bridgehead atoms. The molecule has 0 saturated carbocycles. The number of methoxy groups -OCH3 is 1. The molecule has 1 aromatic heterocycles. The number of aliphatic hydroxyl groups is 1. The summed E-state index contributed by atoms with van der Waals surface area (Å²) in [4.78, 5) is 33.2. The molecule has 5 rings (SSSR count). The third kappa shape index (κ3) is 3.85. The molecule has 182 valence electrons. The van der Waals surface area contributed by atoms with Crippen molar-refractivity contribution in [3.8, 4) is 5.75 Å². The van der Waals surface area contributed by atoms with E-state index in [1.165, 1.54) is 16.2 Å². The number of ether oxygens (including phenoxy) is 1. The molecule has 0 radical (unpaired) electrons. The molecule has 1 atom stereocenters. The number of aromatic nitrogens is 1. The number of carbonyl (C=O) groups excluding carboxylic acids is 2. The summed E-state index contributed by atoms with van der Waals surface area (Å²) in [7, 11) is 1.58. The van der Waals surface area contributed by atoms with E-state index in [4.69, 9.17) is 9.72 Å². The van der Waals surface area contributed by atoms with E-state index < -0.39 is 17.7 Å². The highest BCUT2D eigenvalue weighted by molar-refractivity contribution is 7.22. The fourth-order valence-corrected chi connectivity index (χ4v) is 5.90. The number of ketones is 1. The highest BCUT2D eigenvalue weighted by Gasteiger charge is 2.48. The minimum atomic E-state index is -0.835. The summed E-state index contributed by atoms with van der Waals surface area (Å²) in [5, 5.41) is 11.9. The number of nitrogens with zero attached hydrogens (tertiary/aromatic N) is 2. The predicted octanol–water partition coefficient (Wildman–Crippen LogP) is 6.16. The van der Waals surface area contributed by atoms with E-state index in [0.717, 1.165) is 32.5 Å². The molecule has 7 heteroatoms. The molecule has 1 aliphatic rings. The van der Waals surface area contributed by atoms with Gasteiger partial charge in [-0.1, -0.05) is 47.2 Å². The SMILES string of the molecule is COc1ccc(C2/C(=C(\O)c3cc(C)ccc3C)C(=O)C(=O)N2c2nc3c(C)cc(C)cc3s2)cc1. The van der Waals surface area contributed by atoms with Gasteiger partial charge in [-0.2, -0.15) is 0 Å². The summed E-state index contributed by atoms with van der Waals surface area (Å²) in [6.45, 7) is 7.78. The maximum absolute atomic E-state index is 13.5. The third-order valence-electron chi connectivity index (χ3n) is 6.55. The molecule has 36 heavy (non-hydrogen) atoms. The number of anilines is 1. The van der Waals surface area contributed by atoms with Crippen LogP contribution in [0.4, 0.5) is 5.13 Å². The zero-order chi connectivity index (χ0) is 25.7. The minimum Gasteiger partial charge on any atom is -0.507 e. The number of hydrogen-bond acceptors (Lipinski definition) is 6. The van der Waals surface area contributed by atoms with Crippen molar-refractivity contribution in [1.82, 2.24) is 4.98 Å². The quantitative estimate of drug-likeness (QED) is 0.207. The lowest BCUT2D eigenvalue weighted by molar-refractivity contribution is -0.132. The van der Waals surface area contributed by atoms with Gasteiger partial charge in [0, 0.05) is 5.56 Å². The number of fused-ring (bicyclic) bond motifs is 1. The summed E-state index contributed by atoms with van der Waals surface area (Å²) in [5.74, 6) is -0.986. The lowest BCUT2D eigenvalue weighted by Crippen LogP contribution is -2.29. The Morgan fingerprint density at radius 1 is 0.944 bits per heavy atom. The predicted molar refractivity (Wildman–Crippen MR) is 143 cm³/mol. The average Bonchev–Trinajstić information content (AvgIpc) is 3.39. The first-order valence-electron chi connectivity index (χ1n) is 11.6. The number of aliphatic hydroxyl groups excluding tert-OH is 1. The molecule has 0 aliphatic carbocycles. The molecule has 1 N–H and O–H groups in total. The largest absolute Gasteiger partial charge is 0.507 e. The van der Waals surface area contributed by atoms with Crippen LogP contribution in [0.15, 0.2) is 60.2 Å². The number of thiazole rings is 1. The van der Waals surface area contributed by atoms with Crippen molar-refractivity contribution in [3.63, 3.8) is 0 Å². The highest BCUT2D eigenvalue weighted by Crippen LogP contribution is 2.45. The minimum absolute atomic E-state index is 0.0472. The number of aryl methyl sites for hydroxylation is 4. The third-order valence-corrected chi connectivity index (χ3v) is 7.55. The van der Waals surface area contributed by atoms with Crippen molar-refractivity contribution in [2.45, 2.75) is 33.7 Å². The monoisotopic (exact) mass is 498 g/mol. The fourth-order valence-electron chi connectivity index (χ4n) is 4.73. The topological polar surface area (TPSA) is 79.7 Å². The standard InChI is InChI=1S/C29H26N2O4S/c1-15-6-7-17(3)21(13-15)26(32)23-25(19-8-10-20(35-5)11-9-19)31(28(34)27(23)33)29-30-24-18(4)12-16(2)14-22(24)36-29/h6-14,25,32H,1-5H3/b26-23+. The maximum Gasteiger partial charge on any atom is 0.301 e. The summed E-state index contributed by atoms with van der Waals surface area (Å²) in [5.41, 5.74) is 5.89. The van der Waals surface area contributed by atoms with Crippen LogP contribution >= 0.6 is 11.3 Å². The average molecular weight is 499 g/mol. The van der Waals surface area contributed by atoms with Gasteiger partial charge >= 0.3 is 5.91 Å². The van der Waals surface area contributed by atoms with Crippen LogP contribution < -0.4 is 9.64 Å². The Morgan fingerprint density at radius 3 is 2.36 bits per heavy atom. The van der Waals surface area contributed by atoms with E-state index >= 15 is 0 Å². The summed E-state index contributed by atoms with van der Waals surface area (Å²) < 4.78 is 6.24. The first-order chi connectivity index (χ1) is 17.2. The van der Waals surface area contributed by atoms with Gasteiger partial charge in [0.15, 0.2) is 5.13 Å². The zero-order valence-corrected chi connectivity index (χ0v) is 21.6. The zero-order valence-electron chi connectivity index (χ0n) is 20.7. The molecular weight excluding hydrogens is 472 g/mol. The van der Waals surface area contributed by atoms with Crippen molar-refractivity contribution < 1.29 is 19.4 Å². The van der Waals surface area contributed by atoms with Gasteiger partial charge in [0.1, 0.15) is 11.5 Å². The van der Waals surface area contributed by atoms with Crippen LogP contribution in [0.5, 0.6) is 5.75 Å². The van der Waals surface area contributed by atoms with Gasteiger partial charge < -0.3 is 9.84 Å². The number of carbonyl (C=O) groups is 2. The van der Waals surface area contributed by atoms with Gasteiger partial charge in [-0.3, -0.25) is 14.5 Å². The molecule has 6 nitrogen and oxygen atoms in total. The van der Waals surface area contributed by atoms with Crippen LogP contribution in [-0.2, 0) is 9.59 Å². The van der Waals surface area contributed by atoms with Gasteiger partial charge in [0.05, 0.1) is 28.9 Å². The number of rotatable bonds is 4. The van der Waals surface area contributed by atoms with E-state index in [0.29, 0.717) is 22.0 Å². The Balaban J connectivity index is 1.76. The van der Waals surface area contributed by atoms with Gasteiger partial charge in [0.2, 0.25) is 0 Å². The molecule has 1 fully saturated rings. The molecule has 1 amide bonds. The van der Waals surface area contributed by atoms with Crippen LogP contribution in [-0.4, -0.2) is 28.9 Å². The molecule has 2 heterocycles. The summed E-state index contributed by atoms with van der Waals surface area (Å²) in [6.07, 6.45) is 0. The maximum atomic E-state index is 13.5. The van der Waals surface area contributed by atoms with Gasteiger partial charge in [0.25, 0.3) is 5.78 Å². The van der Waals surface area contributed by atoms with Crippen LogP contribution in [0.3, 0.4) is 0 Å². The van der Waals surface area contributed by atoms with Gasteiger partial charge in [-0.15, -0.1) is 0 Å². The second-order valence-electron chi connectivity index (χ2n) is 9.19. The van der Waals surface area contributed by atoms with Crippen LogP contribution in [0.1, 0.15) is 39.4 Å². The Kier molecular flexibility index (Phi) is 5.88. The first kappa shape index (κ1) is 23.8. The molecule has 1 aliphatic heterocycles. The van der Waals surface area contributed by atoms with Crippen molar-refractivity contribution >= 4 is 44.1 Å². The molecule has 4 aromatic rings. The fraction of sp³-hybridized carbons (Fsp3) is 0.207. The molecule has 0 spiro atoms. The van der Waals surface area contributed by atoms with Crippen molar-refractivity contribution in [1.29, 1.82) is 0 Å². The normalized spacial score (nSPS) is 17.2. The summed E-state index contributed by atoms with van der Waals surface area (Å²) in [6, 6.07) is 16.1. The van der Waals surface area contributed by atoms with Crippen molar-refractivity contribution in [3.05, 3.63) is 93.6 Å². The lowest BCUT2D eigenvalue weighted by Gasteiger charge is -2.23. The van der Waals surface area contributed by atoms with Gasteiger partial charge in [-0.25, -0.2) is 4.98 Å². The molecule has 3 aromatic carbocycles. The smallest absolute Gasteiger partial charge is 0.301 e. The number of benzene rings is 3. The van der Waals surface area contributed by atoms with E-state index in [2.05, 4.69) is 0 Å². The first-order valence-corrected chi connectivity index (χ1v) is 12.4. The number of hydrogen-bond donors (Lipinski definition) is 1. The molecule has 1 saturated heterocycles. The number of Topliss-reactive ketones (excluding diaryl/α,β-unsaturated/α-hetero) is 1. The lowest BCUT2D eigenvalue weighted by atomic mass is 9.93. The van der Waals surface area contributed by atoms with E-state index in [1.807, 2.05) is 70.2 Å². The van der Waals surface area contributed by atoms with E-state index in [-0.39, 0.29) is 11.3 Å². The molecular formula is C29H26N2O4S. The van der Waals surface area contributed by atoms with E-state index in [9.17, 15) is 14.7 Å². The van der Waals surface area contributed by atoms with Crippen molar-refractivity contribution in [2.75, 3.05) is 12.0 Å². The number of amides is 1.